The largest absolute Gasteiger partial charge is 0.325 e. The van der Waals surface area contributed by atoms with Gasteiger partial charge < -0.3 is 5.32 Å². The number of benzene rings is 1. The van der Waals surface area contributed by atoms with E-state index in [1.165, 1.54) is 11.1 Å². The molecule has 1 N–H and O–H groups in total. The summed E-state index contributed by atoms with van der Waals surface area (Å²) in [5, 5.41) is 4.88. The van der Waals surface area contributed by atoms with Crippen LogP contribution in [0.1, 0.15) is 43.2 Å². The molecule has 1 aliphatic heterocycles. The molecule has 1 atom stereocenters. The van der Waals surface area contributed by atoms with E-state index in [2.05, 4.69) is 21.2 Å². The van der Waals surface area contributed by atoms with E-state index in [0.717, 1.165) is 54.6 Å². The molecule has 1 aliphatic carbocycles. The highest BCUT2D eigenvalue weighted by atomic mass is 79.9. The maximum absolute atomic E-state index is 12.5. The predicted octanol–water partition coefficient (Wildman–Crippen LogP) is 4.43. The van der Waals surface area contributed by atoms with Gasteiger partial charge in [-0.2, -0.15) is 0 Å². The van der Waals surface area contributed by atoms with Crippen molar-refractivity contribution in [3.05, 3.63) is 28.3 Å². The normalized spacial score (nSPS) is 24.2. The van der Waals surface area contributed by atoms with Crippen molar-refractivity contribution < 1.29 is 4.79 Å². The molecule has 1 unspecified atom stereocenters. The Labute approximate surface area is 127 Å². The number of hydrogen-bond acceptors (Lipinski definition) is 1. The van der Waals surface area contributed by atoms with Crippen molar-refractivity contribution in [2.75, 3.05) is 10.6 Å². The summed E-state index contributed by atoms with van der Waals surface area (Å²) < 4.78 is 0. The number of amides is 1. The van der Waals surface area contributed by atoms with Crippen LogP contribution in [-0.4, -0.2) is 11.2 Å². The van der Waals surface area contributed by atoms with Crippen molar-refractivity contribution in [1.29, 1.82) is 0 Å². The molecule has 1 aromatic carbocycles. The van der Waals surface area contributed by atoms with Gasteiger partial charge in [0.1, 0.15) is 0 Å². The summed E-state index contributed by atoms with van der Waals surface area (Å²) in [5.41, 5.74) is 3.08. The Kier molecular flexibility index (Phi) is 3.61. The van der Waals surface area contributed by atoms with E-state index < -0.39 is 0 Å². The van der Waals surface area contributed by atoms with Crippen LogP contribution < -0.4 is 5.32 Å². The van der Waals surface area contributed by atoms with E-state index in [9.17, 15) is 4.79 Å². The minimum absolute atomic E-state index is 0.181. The number of halogens is 2. The van der Waals surface area contributed by atoms with E-state index in [1.807, 2.05) is 12.1 Å². The highest BCUT2D eigenvalue weighted by Crippen LogP contribution is 2.51. The van der Waals surface area contributed by atoms with Crippen LogP contribution in [0.3, 0.4) is 0 Å². The molecule has 0 saturated heterocycles. The van der Waals surface area contributed by atoms with Crippen LogP contribution in [0.25, 0.3) is 0 Å². The fourth-order valence-corrected chi connectivity index (χ4v) is 4.21. The summed E-state index contributed by atoms with van der Waals surface area (Å²) in [4.78, 5) is 12.5. The zero-order valence-corrected chi connectivity index (χ0v) is 13.1. The molecule has 4 heteroatoms. The molecule has 0 spiro atoms. The minimum atomic E-state index is -0.310. The number of carbonyl (C=O) groups excluding carboxylic acids is 1. The molecule has 102 valence electrons. The first-order valence-electron chi connectivity index (χ1n) is 6.88. The smallest absolute Gasteiger partial charge is 0.235 e. The Hall–Kier alpha value is -0.540. The quantitative estimate of drug-likeness (QED) is 0.636. The molecule has 1 heterocycles. The second-order valence-electron chi connectivity index (χ2n) is 5.48. The molecule has 1 aromatic rings. The first-order valence-corrected chi connectivity index (χ1v) is 8.38. The third-order valence-electron chi connectivity index (χ3n) is 4.43. The number of hydrogen-bond donors (Lipinski definition) is 1. The molecule has 0 fully saturated rings. The van der Waals surface area contributed by atoms with Crippen molar-refractivity contribution in [1.82, 2.24) is 0 Å². The lowest BCUT2D eigenvalue weighted by Crippen LogP contribution is -2.37. The topological polar surface area (TPSA) is 29.1 Å². The minimum Gasteiger partial charge on any atom is -0.325 e. The predicted molar refractivity (Wildman–Crippen MR) is 82.3 cm³/mol. The third kappa shape index (κ3) is 2.02. The van der Waals surface area contributed by atoms with Crippen LogP contribution >= 0.6 is 27.5 Å². The Morgan fingerprint density at radius 1 is 1.37 bits per heavy atom. The van der Waals surface area contributed by atoms with Crippen molar-refractivity contribution in [3.8, 4) is 0 Å². The summed E-state index contributed by atoms with van der Waals surface area (Å²) in [7, 11) is 0. The lowest BCUT2D eigenvalue weighted by molar-refractivity contribution is -0.121. The van der Waals surface area contributed by atoms with Gasteiger partial charge in [-0.1, -0.05) is 34.0 Å². The standard InChI is InChI=1S/C15H17BrClNO/c16-9-2-1-7-15-8-3-4-10-11(17)5-6-12(13(10)15)18-14(15)19/h5-6H,1-4,7-9H2,(H,18,19). The molecule has 3 rings (SSSR count). The van der Waals surface area contributed by atoms with Crippen molar-refractivity contribution in [2.24, 2.45) is 0 Å². The maximum atomic E-state index is 12.5. The summed E-state index contributed by atoms with van der Waals surface area (Å²) >= 11 is 9.80. The zero-order valence-electron chi connectivity index (χ0n) is 10.8. The van der Waals surface area contributed by atoms with E-state index in [-0.39, 0.29) is 11.3 Å². The number of unbranched alkanes of at least 4 members (excludes halogenated alkanes) is 1. The lowest BCUT2D eigenvalue weighted by atomic mass is 9.68. The van der Waals surface area contributed by atoms with Crippen LogP contribution in [0.15, 0.2) is 12.1 Å². The third-order valence-corrected chi connectivity index (χ3v) is 5.35. The van der Waals surface area contributed by atoms with Gasteiger partial charge in [-0.05, 0) is 55.4 Å². The van der Waals surface area contributed by atoms with Crippen LogP contribution in [0.2, 0.25) is 5.02 Å². The van der Waals surface area contributed by atoms with Crippen LogP contribution in [0.4, 0.5) is 5.69 Å². The highest BCUT2D eigenvalue weighted by molar-refractivity contribution is 9.09. The molecular formula is C15H17BrClNO. The number of nitrogens with one attached hydrogen (secondary N) is 1. The van der Waals surface area contributed by atoms with Crippen molar-refractivity contribution in [2.45, 2.75) is 43.9 Å². The fourth-order valence-electron chi connectivity index (χ4n) is 3.56. The maximum Gasteiger partial charge on any atom is 0.235 e. The Balaban J connectivity index is 2.05. The Bertz CT molecular complexity index is 531. The van der Waals surface area contributed by atoms with Gasteiger partial charge in [0.05, 0.1) is 5.41 Å². The second-order valence-corrected chi connectivity index (χ2v) is 6.68. The monoisotopic (exact) mass is 341 g/mol. The van der Waals surface area contributed by atoms with E-state index >= 15 is 0 Å². The number of alkyl halides is 1. The fraction of sp³-hybridized carbons (Fsp3) is 0.533. The van der Waals surface area contributed by atoms with Gasteiger partial charge in [0.15, 0.2) is 0 Å². The SMILES string of the molecule is O=C1Nc2ccc(Cl)c3c2C1(CCCCBr)CCC3. The van der Waals surface area contributed by atoms with Crippen molar-refractivity contribution in [3.63, 3.8) is 0 Å². The van der Waals surface area contributed by atoms with Gasteiger partial charge in [0.25, 0.3) is 0 Å². The molecule has 1 amide bonds. The first-order chi connectivity index (χ1) is 9.19. The summed E-state index contributed by atoms with van der Waals surface area (Å²) in [6.45, 7) is 0. The lowest BCUT2D eigenvalue weighted by Gasteiger charge is -2.33. The zero-order chi connectivity index (χ0) is 13.5. The average Bonchev–Trinajstić information content (AvgIpc) is 2.69. The molecule has 0 saturated carbocycles. The van der Waals surface area contributed by atoms with E-state index in [4.69, 9.17) is 11.6 Å². The summed E-state index contributed by atoms with van der Waals surface area (Å²) in [5.74, 6) is 0.181. The highest BCUT2D eigenvalue weighted by Gasteiger charge is 2.49. The van der Waals surface area contributed by atoms with Gasteiger partial charge in [-0.15, -0.1) is 0 Å². The molecule has 0 radical (unpaired) electrons. The summed E-state index contributed by atoms with van der Waals surface area (Å²) in [6.07, 6.45) is 6.13. The average molecular weight is 343 g/mol. The first kappa shape index (κ1) is 13.4. The van der Waals surface area contributed by atoms with Gasteiger partial charge in [0, 0.05) is 16.0 Å². The van der Waals surface area contributed by atoms with Crippen LogP contribution in [0.5, 0.6) is 0 Å². The van der Waals surface area contributed by atoms with Crippen LogP contribution in [-0.2, 0) is 16.6 Å². The molecule has 2 aliphatic rings. The van der Waals surface area contributed by atoms with Crippen LogP contribution in [0, 0.1) is 0 Å². The molecule has 0 aromatic heterocycles. The van der Waals surface area contributed by atoms with Gasteiger partial charge in [-0.25, -0.2) is 0 Å². The Morgan fingerprint density at radius 2 is 2.21 bits per heavy atom. The molecule has 0 bridgehead atoms. The van der Waals surface area contributed by atoms with Gasteiger partial charge >= 0.3 is 0 Å². The van der Waals surface area contributed by atoms with E-state index in [1.54, 1.807) is 0 Å². The van der Waals surface area contributed by atoms with Gasteiger partial charge in [-0.3, -0.25) is 4.79 Å². The number of rotatable bonds is 4. The molecular weight excluding hydrogens is 326 g/mol. The number of carbonyl (C=O) groups is 1. The second kappa shape index (κ2) is 5.10. The molecule has 19 heavy (non-hydrogen) atoms. The van der Waals surface area contributed by atoms with E-state index in [0.29, 0.717) is 0 Å². The Morgan fingerprint density at radius 3 is 3.00 bits per heavy atom. The number of anilines is 1. The molecule has 2 nitrogen and oxygen atoms in total. The van der Waals surface area contributed by atoms with Gasteiger partial charge in [0.2, 0.25) is 5.91 Å². The van der Waals surface area contributed by atoms with Crippen molar-refractivity contribution >= 4 is 39.1 Å². The summed E-state index contributed by atoms with van der Waals surface area (Å²) in [6, 6.07) is 3.87.